The van der Waals surface area contributed by atoms with Crippen LogP contribution in [-0.4, -0.2) is 60.6 Å². The second kappa shape index (κ2) is 7.50. The van der Waals surface area contributed by atoms with E-state index in [-0.39, 0.29) is 5.91 Å². The first-order valence-corrected chi connectivity index (χ1v) is 8.62. The molecule has 2 N–H and O–H groups in total. The Morgan fingerprint density at radius 2 is 2.37 bits per heavy atom. The second-order valence-electron chi connectivity index (χ2n) is 5.98. The van der Waals surface area contributed by atoms with Crippen LogP contribution in [0.15, 0.2) is 0 Å². The molecule has 0 aliphatic carbocycles. The first kappa shape index (κ1) is 15.1. The maximum absolute atomic E-state index is 11.9. The molecule has 0 aromatic carbocycles. The third-order valence-corrected chi connectivity index (χ3v) is 5.20. The summed E-state index contributed by atoms with van der Waals surface area (Å²) in [5.74, 6) is 3.09. The van der Waals surface area contributed by atoms with Crippen LogP contribution in [0.1, 0.15) is 26.7 Å². The third kappa shape index (κ3) is 4.97. The van der Waals surface area contributed by atoms with E-state index in [1.54, 1.807) is 0 Å². The lowest BCUT2D eigenvalue weighted by Crippen LogP contribution is -2.42. The van der Waals surface area contributed by atoms with E-state index in [2.05, 4.69) is 29.4 Å². The minimum atomic E-state index is 0.211. The fourth-order valence-corrected chi connectivity index (χ4v) is 3.75. The van der Waals surface area contributed by atoms with Gasteiger partial charge in [0.25, 0.3) is 0 Å². The van der Waals surface area contributed by atoms with Crippen molar-refractivity contribution in [2.75, 3.05) is 37.7 Å². The van der Waals surface area contributed by atoms with Gasteiger partial charge < -0.3 is 15.5 Å². The van der Waals surface area contributed by atoms with Crippen molar-refractivity contribution in [3.8, 4) is 0 Å². The van der Waals surface area contributed by atoms with E-state index in [1.807, 2.05) is 11.8 Å². The van der Waals surface area contributed by atoms with E-state index >= 15 is 0 Å². The summed E-state index contributed by atoms with van der Waals surface area (Å²) in [5, 5.41) is 6.53. The molecule has 2 saturated heterocycles. The van der Waals surface area contributed by atoms with Gasteiger partial charge in [-0.2, -0.15) is 11.8 Å². The molecule has 2 heterocycles. The molecular weight excluding hydrogens is 258 g/mol. The Morgan fingerprint density at radius 1 is 1.53 bits per heavy atom. The van der Waals surface area contributed by atoms with Crippen LogP contribution in [0.5, 0.6) is 0 Å². The zero-order chi connectivity index (χ0) is 13.7. The molecule has 1 amide bonds. The lowest BCUT2D eigenvalue weighted by molar-refractivity contribution is -0.121. The van der Waals surface area contributed by atoms with Crippen molar-refractivity contribution in [2.45, 2.75) is 38.8 Å². The van der Waals surface area contributed by atoms with Gasteiger partial charge in [0, 0.05) is 49.6 Å². The topological polar surface area (TPSA) is 44.4 Å². The first-order chi connectivity index (χ1) is 9.15. The van der Waals surface area contributed by atoms with Gasteiger partial charge in [-0.1, -0.05) is 0 Å². The van der Waals surface area contributed by atoms with Crippen LogP contribution in [0.2, 0.25) is 0 Å². The van der Waals surface area contributed by atoms with Crippen molar-refractivity contribution in [3.63, 3.8) is 0 Å². The number of hydrogen-bond donors (Lipinski definition) is 2. The molecule has 2 fully saturated rings. The number of nitrogens with one attached hydrogen (secondary N) is 2. The fraction of sp³-hybridized carbons (Fsp3) is 0.929. The van der Waals surface area contributed by atoms with E-state index in [1.165, 1.54) is 18.7 Å². The summed E-state index contributed by atoms with van der Waals surface area (Å²) >= 11 is 1.94. The van der Waals surface area contributed by atoms with E-state index in [0.29, 0.717) is 24.4 Å². The Bertz CT molecular complexity index is 292. The third-order valence-electron chi connectivity index (χ3n) is 4.07. The number of carbonyl (C=O) groups is 1. The molecule has 2 aliphatic heterocycles. The highest BCUT2D eigenvalue weighted by molar-refractivity contribution is 7.99. The summed E-state index contributed by atoms with van der Waals surface area (Å²) in [6, 6.07) is 0.999. The Labute approximate surface area is 121 Å². The quantitative estimate of drug-likeness (QED) is 0.789. The molecule has 4 nitrogen and oxygen atoms in total. The number of thioether (sulfide) groups is 1. The number of amides is 1. The Morgan fingerprint density at radius 3 is 3.00 bits per heavy atom. The monoisotopic (exact) mass is 285 g/mol. The van der Waals surface area contributed by atoms with Gasteiger partial charge in [0.15, 0.2) is 0 Å². The molecule has 0 radical (unpaired) electrons. The predicted molar refractivity (Wildman–Crippen MR) is 81.6 cm³/mol. The van der Waals surface area contributed by atoms with Gasteiger partial charge in [-0.3, -0.25) is 4.79 Å². The summed E-state index contributed by atoms with van der Waals surface area (Å²) in [6.45, 7) is 8.69. The van der Waals surface area contributed by atoms with Crippen molar-refractivity contribution >= 4 is 17.7 Å². The molecule has 2 unspecified atom stereocenters. The SMILES string of the molecule is CC(C)N1CCC(CNC(=O)CC2CSCCN2)C1. The Balaban J connectivity index is 1.61. The zero-order valence-electron chi connectivity index (χ0n) is 12.2. The van der Waals surface area contributed by atoms with Crippen molar-refractivity contribution in [3.05, 3.63) is 0 Å². The lowest BCUT2D eigenvalue weighted by atomic mass is 10.1. The van der Waals surface area contributed by atoms with E-state index in [4.69, 9.17) is 0 Å². The molecule has 2 atom stereocenters. The van der Waals surface area contributed by atoms with E-state index < -0.39 is 0 Å². The van der Waals surface area contributed by atoms with Crippen molar-refractivity contribution < 1.29 is 4.79 Å². The number of rotatable bonds is 5. The lowest BCUT2D eigenvalue weighted by Gasteiger charge is -2.23. The second-order valence-corrected chi connectivity index (χ2v) is 7.13. The molecule has 0 spiro atoms. The predicted octanol–water partition coefficient (Wildman–Crippen LogP) is 0.928. The van der Waals surface area contributed by atoms with Gasteiger partial charge in [-0.05, 0) is 32.7 Å². The highest BCUT2D eigenvalue weighted by Gasteiger charge is 2.24. The molecule has 19 heavy (non-hydrogen) atoms. The maximum atomic E-state index is 11.9. The van der Waals surface area contributed by atoms with Gasteiger partial charge in [-0.25, -0.2) is 0 Å². The van der Waals surface area contributed by atoms with Crippen molar-refractivity contribution in [2.24, 2.45) is 5.92 Å². The number of hydrogen-bond acceptors (Lipinski definition) is 4. The van der Waals surface area contributed by atoms with Gasteiger partial charge in [-0.15, -0.1) is 0 Å². The standard InChI is InChI=1S/C14H27N3OS/c1-11(2)17-5-3-12(9-17)8-16-14(18)7-13-10-19-6-4-15-13/h11-13,15H,3-10H2,1-2H3,(H,16,18). The number of nitrogens with zero attached hydrogens (tertiary/aromatic N) is 1. The highest BCUT2D eigenvalue weighted by atomic mass is 32.2. The van der Waals surface area contributed by atoms with Crippen LogP contribution in [0.3, 0.4) is 0 Å². The maximum Gasteiger partial charge on any atom is 0.221 e. The Kier molecular flexibility index (Phi) is 5.98. The summed E-state index contributed by atoms with van der Waals surface area (Å²) in [7, 11) is 0. The molecular formula is C14H27N3OS. The van der Waals surface area contributed by atoms with Crippen molar-refractivity contribution in [1.82, 2.24) is 15.5 Å². The van der Waals surface area contributed by atoms with Crippen LogP contribution in [0.25, 0.3) is 0 Å². The average molecular weight is 285 g/mol. The van der Waals surface area contributed by atoms with E-state index in [9.17, 15) is 4.79 Å². The van der Waals surface area contributed by atoms with Gasteiger partial charge >= 0.3 is 0 Å². The average Bonchev–Trinajstić information content (AvgIpc) is 2.86. The zero-order valence-corrected chi connectivity index (χ0v) is 13.0. The molecule has 0 aromatic rings. The summed E-state index contributed by atoms with van der Waals surface area (Å²) in [5.41, 5.74) is 0. The van der Waals surface area contributed by atoms with Crippen LogP contribution >= 0.6 is 11.8 Å². The fourth-order valence-electron chi connectivity index (χ4n) is 2.80. The number of likely N-dealkylation sites (tertiary alicyclic amines) is 1. The molecule has 0 saturated carbocycles. The smallest absolute Gasteiger partial charge is 0.221 e. The van der Waals surface area contributed by atoms with Crippen LogP contribution in [0.4, 0.5) is 0 Å². The van der Waals surface area contributed by atoms with Gasteiger partial charge in [0.1, 0.15) is 0 Å². The molecule has 0 bridgehead atoms. The van der Waals surface area contributed by atoms with Crippen molar-refractivity contribution in [1.29, 1.82) is 0 Å². The molecule has 2 rings (SSSR count). The largest absolute Gasteiger partial charge is 0.356 e. The van der Waals surface area contributed by atoms with Gasteiger partial charge in [0.05, 0.1) is 0 Å². The first-order valence-electron chi connectivity index (χ1n) is 7.47. The van der Waals surface area contributed by atoms with Gasteiger partial charge in [0.2, 0.25) is 5.91 Å². The van der Waals surface area contributed by atoms with Crippen LogP contribution in [0, 0.1) is 5.92 Å². The Hall–Kier alpha value is -0.260. The highest BCUT2D eigenvalue weighted by Crippen LogP contribution is 2.17. The minimum Gasteiger partial charge on any atom is -0.356 e. The summed E-state index contributed by atoms with van der Waals surface area (Å²) in [4.78, 5) is 14.4. The molecule has 110 valence electrons. The molecule has 5 heteroatoms. The number of carbonyl (C=O) groups excluding carboxylic acids is 1. The van der Waals surface area contributed by atoms with E-state index in [0.717, 1.165) is 25.4 Å². The molecule has 2 aliphatic rings. The van der Waals surface area contributed by atoms with Crippen LogP contribution < -0.4 is 10.6 Å². The van der Waals surface area contributed by atoms with Crippen LogP contribution in [-0.2, 0) is 4.79 Å². The summed E-state index contributed by atoms with van der Waals surface area (Å²) in [6.07, 6.45) is 1.85. The summed E-state index contributed by atoms with van der Waals surface area (Å²) < 4.78 is 0. The molecule has 0 aromatic heterocycles. The minimum absolute atomic E-state index is 0.211. The normalized spacial score (nSPS) is 28.8.